The number of benzene rings is 2. The zero-order chi connectivity index (χ0) is 29.4. The van der Waals surface area contributed by atoms with Gasteiger partial charge in [0.05, 0.1) is 35.6 Å². The average molecular weight is 569 g/mol. The van der Waals surface area contributed by atoms with E-state index < -0.39 is 17.6 Å². The quantitative estimate of drug-likeness (QED) is 0.130. The summed E-state index contributed by atoms with van der Waals surface area (Å²) in [5.74, 6) is -0.220. The molecule has 0 unspecified atom stereocenters. The molecule has 0 amide bonds. The van der Waals surface area contributed by atoms with Gasteiger partial charge in [-0.05, 0) is 60.0 Å². The molecule has 210 valence electrons. The fourth-order valence-corrected chi connectivity index (χ4v) is 4.08. The standard InChI is InChI=1S/C32H24F4N6/c33-30-21-39-31(11-5-10-29(30)24-15-23(17-37-18-24)14-22-6-2-1-3-7-22)42-40-20-27-12-13-28(19-38-27)41-26-9-4-8-25(16-26)32(34,35)36/h1-13,15-21,41H,14H2,(H,39,42)/b40-20+. The third-order valence-electron chi connectivity index (χ3n) is 6.09. The molecule has 5 rings (SSSR count). The van der Waals surface area contributed by atoms with Gasteiger partial charge >= 0.3 is 6.18 Å². The molecule has 0 saturated carbocycles. The van der Waals surface area contributed by atoms with Gasteiger partial charge < -0.3 is 5.32 Å². The van der Waals surface area contributed by atoms with Crippen LogP contribution in [0.25, 0.3) is 5.57 Å². The fraction of sp³-hybridized carbons (Fsp3) is 0.0625. The van der Waals surface area contributed by atoms with Gasteiger partial charge in [0.2, 0.25) is 0 Å². The van der Waals surface area contributed by atoms with Crippen LogP contribution >= 0.6 is 0 Å². The zero-order valence-electron chi connectivity index (χ0n) is 22.1. The number of hydrogen-bond donors (Lipinski definition) is 2. The maximum absolute atomic E-state index is 15.1. The maximum atomic E-state index is 15.1. The lowest BCUT2D eigenvalue weighted by atomic mass is 10.0. The lowest BCUT2D eigenvalue weighted by Gasteiger charge is -2.10. The molecule has 2 N–H and O–H groups in total. The van der Waals surface area contributed by atoms with Gasteiger partial charge in [-0.3, -0.25) is 15.4 Å². The van der Waals surface area contributed by atoms with Crippen LogP contribution in [0.2, 0.25) is 0 Å². The van der Waals surface area contributed by atoms with Crippen LogP contribution in [0.5, 0.6) is 0 Å². The van der Waals surface area contributed by atoms with Crippen molar-refractivity contribution in [2.45, 2.75) is 12.6 Å². The van der Waals surface area contributed by atoms with Crippen molar-refractivity contribution in [1.29, 1.82) is 0 Å². The number of nitrogens with one attached hydrogen (secondary N) is 2. The van der Waals surface area contributed by atoms with Gasteiger partial charge in [-0.1, -0.05) is 48.6 Å². The van der Waals surface area contributed by atoms with E-state index in [1.54, 1.807) is 42.8 Å². The minimum Gasteiger partial charge on any atom is -0.354 e. The van der Waals surface area contributed by atoms with Crippen molar-refractivity contribution >= 4 is 29.4 Å². The van der Waals surface area contributed by atoms with Crippen LogP contribution in [0.3, 0.4) is 0 Å². The van der Waals surface area contributed by atoms with Gasteiger partial charge in [0.15, 0.2) is 0 Å². The molecular weight excluding hydrogens is 544 g/mol. The molecule has 42 heavy (non-hydrogen) atoms. The first kappa shape index (κ1) is 28.2. The predicted octanol–water partition coefficient (Wildman–Crippen LogP) is 7.62. The Kier molecular flexibility index (Phi) is 8.62. The second kappa shape index (κ2) is 12.9. The van der Waals surface area contributed by atoms with Crippen LogP contribution in [-0.2, 0) is 12.6 Å². The summed E-state index contributed by atoms with van der Waals surface area (Å²) in [6.45, 7) is 0. The molecule has 0 bridgehead atoms. The van der Waals surface area contributed by atoms with Gasteiger partial charge in [0.25, 0.3) is 0 Å². The minimum absolute atomic E-state index is 0.289. The molecule has 10 heteroatoms. The SMILES string of the molecule is FC1=C(c2cncc(Cc3ccccc3)c2)C=CC=C(N/N=C/c2ccc(Nc3cccc(C(F)(F)F)c3)cn2)N=C1. The zero-order valence-corrected chi connectivity index (χ0v) is 22.1. The first-order valence-electron chi connectivity index (χ1n) is 12.8. The Morgan fingerprint density at radius 3 is 2.50 bits per heavy atom. The summed E-state index contributed by atoms with van der Waals surface area (Å²) in [4.78, 5) is 12.7. The molecule has 1 aliphatic heterocycles. The normalized spacial score (nSPS) is 13.6. The van der Waals surface area contributed by atoms with Gasteiger partial charge in [0, 0.05) is 29.2 Å². The summed E-state index contributed by atoms with van der Waals surface area (Å²) in [6.07, 6.45) is 8.63. The van der Waals surface area contributed by atoms with Crippen LogP contribution in [0, 0.1) is 0 Å². The molecule has 0 saturated heterocycles. The molecule has 4 aromatic rings. The van der Waals surface area contributed by atoms with Gasteiger partial charge in [-0.15, -0.1) is 0 Å². The van der Waals surface area contributed by atoms with E-state index in [1.165, 1.54) is 24.5 Å². The first-order chi connectivity index (χ1) is 20.3. The molecule has 6 nitrogen and oxygen atoms in total. The first-order valence-corrected chi connectivity index (χ1v) is 12.8. The number of anilines is 2. The van der Waals surface area contributed by atoms with Crippen LogP contribution in [0.1, 0.15) is 27.9 Å². The van der Waals surface area contributed by atoms with Crippen LogP contribution in [0.4, 0.5) is 28.9 Å². The molecule has 1 aliphatic rings. The summed E-state index contributed by atoms with van der Waals surface area (Å²) < 4.78 is 53.9. The Morgan fingerprint density at radius 2 is 1.71 bits per heavy atom. The number of pyridine rings is 2. The highest BCUT2D eigenvalue weighted by molar-refractivity contribution is 5.93. The molecular formula is C32H24F4N6. The number of aliphatic imine (C=N–C) groups is 1. The molecule has 0 spiro atoms. The highest BCUT2D eigenvalue weighted by atomic mass is 19.4. The number of rotatable bonds is 8. The topological polar surface area (TPSA) is 74.6 Å². The summed E-state index contributed by atoms with van der Waals surface area (Å²) in [5.41, 5.74) is 6.39. The monoisotopic (exact) mass is 568 g/mol. The smallest absolute Gasteiger partial charge is 0.354 e. The van der Waals surface area contributed by atoms with Crippen LogP contribution < -0.4 is 10.7 Å². The van der Waals surface area contributed by atoms with Crippen molar-refractivity contribution in [1.82, 2.24) is 15.4 Å². The van der Waals surface area contributed by atoms with E-state index in [4.69, 9.17) is 0 Å². The Bertz CT molecular complexity index is 1690. The molecule has 0 atom stereocenters. The van der Waals surface area contributed by atoms with E-state index >= 15 is 4.39 Å². The Morgan fingerprint density at radius 1 is 0.857 bits per heavy atom. The summed E-state index contributed by atoms with van der Waals surface area (Å²) >= 11 is 0. The largest absolute Gasteiger partial charge is 0.416 e. The van der Waals surface area contributed by atoms with Crippen LogP contribution in [0.15, 0.2) is 131 Å². The average Bonchev–Trinajstić information content (AvgIpc) is 2.98. The summed E-state index contributed by atoms with van der Waals surface area (Å²) in [6, 6.07) is 20.1. The minimum atomic E-state index is -4.43. The highest BCUT2D eigenvalue weighted by Crippen LogP contribution is 2.31. The molecule has 2 aromatic heterocycles. The lowest BCUT2D eigenvalue weighted by Crippen LogP contribution is -2.06. The van der Waals surface area contributed by atoms with Crippen LogP contribution in [-0.4, -0.2) is 22.4 Å². The molecule has 0 aliphatic carbocycles. The van der Waals surface area contributed by atoms with Gasteiger partial charge in [-0.2, -0.15) is 18.3 Å². The third kappa shape index (κ3) is 7.63. The predicted molar refractivity (Wildman–Crippen MR) is 157 cm³/mol. The Labute approximate surface area is 239 Å². The van der Waals surface area contributed by atoms with E-state index in [-0.39, 0.29) is 5.69 Å². The van der Waals surface area contributed by atoms with Crippen molar-refractivity contribution in [2.24, 2.45) is 10.1 Å². The molecule has 3 heterocycles. The number of hydrogen-bond acceptors (Lipinski definition) is 6. The highest BCUT2D eigenvalue weighted by Gasteiger charge is 2.30. The maximum Gasteiger partial charge on any atom is 0.416 e. The van der Waals surface area contributed by atoms with Gasteiger partial charge in [0.1, 0.15) is 11.6 Å². The van der Waals surface area contributed by atoms with Gasteiger partial charge in [-0.25, -0.2) is 9.38 Å². The molecule has 0 radical (unpaired) electrons. The van der Waals surface area contributed by atoms with Crippen molar-refractivity contribution < 1.29 is 17.6 Å². The number of alkyl halides is 3. The Hall–Kier alpha value is -5.38. The van der Waals surface area contributed by atoms with Crippen molar-refractivity contribution in [3.05, 3.63) is 149 Å². The second-order valence-corrected chi connectivity index (χ2v) is 9.22. The van der Waals surface area contributed by atoms with E-state index in [0.717, 1.165) is 29.5 Å². The van der Waals surface area contributed by atoms with Crippen molar-refractivity contribution in [2.75, 3.05) is 5.32 Å². The third-order valence-corrected chi connectivity index (χ3v) is 6.09. The summed E-state index contributed by atoms with van der Waals surface area (Å²) in [7, 11) is 0. The number of nitrogens with zero attached hydrogens (tertiary/aromatic N) is 4. The van der Waals surface area contributed by atoms with Crippen molar-refractivity contribution in [3.63, 3.8) is 0 Å². The van der Waals surface area contributed by atoms with E-state index in [2.05, 4.69) is 30.8 Å². The Balaban J connectivity index is 1.19. The number of aromatic nitrogens is 2. The van der Waals surface area contributed by atoms with E-state index in [9.17, 15) is 13.2 Å². The molecule has 2 aromatic carbocycles. The second-order valence-electron chi connectivity index (χ2n) is 9.22. The number of allylic oxidation sites excluding steroid dienone is 5. The number of halogens is 4. The fourth-order valence-electron chi connectivity index (χ4n) is 4.08. The van der Waals surface area contributed by atoms with Crippen molar-refractivity contribution in [3.8, 4) is 0 Å². The lowest BCUT2D eigenvalue weighted by molar-refractivity contribution is -0.137. The number of hydrazone groups is 1. The summed E-state index contributed by atoms with van der Waals surface area (Å²) in [5, 5.41) is 6.99. The molecule has 0 fully saturated rings. The van der Waals surface area contributed by atoms with E-state index in [1.807, 2.05) is 36.4 Å². The van der Waals surface area contributed by atoms with E-state index in [0.29, 0.717) is 34.8 Å².